The fraction of sp³-hybridized carbons (Fsp3) is 0.700. The minimum Gasteiger partial charge on any atom is -0.480 e. The van der Waals surface area contributed by atoms with E-state index in [9.17, 15) is 14.4 Å². The van der Waals surface area contributed by atoms with Crippen LogP contribution in [0.1, 0.15) is 13.8 Å². The van der Waals surface area contributed by atoms with E-state index in [2.05, 4.69) is 10.6 Å². The highest BCUT2D eigenvalue weighted by Gasteiger charge is 2.41. The standard InChI is InChI=1S/C10H17N3O5/c1-10(2)8(17)11-3-4-13(10)9(18)12-6(5-14)7(15)16/h6,14H,3-5H2,1-2H3,(H,11,17)(H,12,18)(H,15,16)/t6-/m1/s1. The Morgan fingerprint density at radius 3 is 2.67 bits per heavy atom. The van der Waals surface area contributed by atoms with Gasteiger partial charge in [0.2, 0.25) is 5.91 Å². The van der Waals surface area contributed by atoms with Crippen molar-refractivity contribution in [3.8, 4) is 0 Å². The third kappa shape index (κ3) is 2.70. The van der Waals surface area contributed by atoms with E-state index in [0.29, 0.717) is 6.54 Å². The van der Waals surface area contributed by atoms with Crippen molar-refractivity contribution in [2.24, 2.45) is 0 Å². The molecule has 1 atom stereocenters. The Bertz CT molecular complexity index is 369. The lowest BCUT2D eigenvalue weighted by atomic mass is 9.99. The summed E-state index contributed by atoms with van der Waals surface area (Å²) in [6.45, 7) is 3.02. The average Bonchev–Trinajstić information content (AvgIpc) is 2.28. The molecule has 1 aliphatic heterocycles. The minimum absolute atomic E-state index is 0.280. The van der Waals surface area contributed by atoms with E-state index in [4.69, 9.17) is 10.2 Å². The highest BCUT2D eigenvalue weighted by molar-refractivity contribution is 5.92. The van der Waals surface area contributed by atoms with Crippen LogP contribution in [0.4, 0.5) is 4.79 Å². The molecule has 18 heavy (non-hydrogen) atoms. The molecule has 0 aliphatic carbocycles. The molecule has 0 saturated carbocycles. The van der Waals surface area contributed by atoms with Gasteiger partial charge >= 0.3 is 12.0 Å². The summed E-state index contributed by atoms with van der Waals surface area (Å²) >= 11 is 0. The molecule has 1 heterocycles. The second-order valence-corrected chi connectivity index (χ2v) is 4.49. The van der Waals surface area contributed by atoms with E-state index in [1.54, 1.807) is 13.8 Å². The Morgan fingerprint density at radius 2 is 2.17 bits per heavy atom. The molecular formula is C10H17N3O5. The van der Waals surface area contributed by atoms with Crippen LogP contribution in [0.3, 0.4) is 0 Å². The second kappa shape index (κ2) is 5.21. The van der Waals surface area contributed by atoms with Crippen molar-refractivity contribution < 1.29 is 24.6 Å². The SMILES string of the molecule is CC1(C)C(=O)NCCN1C(=O)N[C@H](CO)C(=O)O. The number of carbonyl (C=O) groups excluding carboxylic acids is 2. The maximum absolute atomic E-state index is 11.9. The third-order valence-corrected chi connectivity index (χ3v) is 2.87. The molecule has 0 radical (unpaired) electrons. The first-order valence-corrected chi connectivity index (χ1v) is 5.50. The maximum atomic E-state index is 11.9. The fourth-order valence-electron chi connectivity index (χ4n) is 1.67. The molecule has 0 aromatic rings. The van der Waals surface area contributed by atoms with Crippen LogP contribution in [0.5, 0.6) is 0 Å². The number of nitrogens with one attached hydrogen (secondary N) is 2. The lowest BCUT2D eigenvalue weighted by Crippen LogP contribution is -2.66. The van der Waals surface area contributed by atoms with Crippen LogP contribution < -0.4 is 10.6 Å². The molecule has 8 heteroatoms. The number of rotatable bonds is 3. The topological polar surface area (TPSA) is 119 Å². The van der Waals surface area contributed by atoms with Gasteiger partial charge in [-0.3, -0.25) is 4.79 Å². The van der Waals surface area contributed by atoms with E-state index in [1.807, 2.05) is 0 Å². The van der Waals surface area contributed by atoms with E-state index < -0.39 is 30.2 Å². The largest absolute Gasteiger partial charge is 0.480 e. The highest BCUT2D eigenvalue weighted by Crippen LogP contribution is 2.17. The molecule has 102 valence electrons. The molecule has 1 fully saturated rings. The molecule has 1 saturated heterocycles. The summed E-state index contributed by atoms with van der Waals surface area (Å²) in [7, 11) is 0. The molecule has 1 aliphatic rings. The summed E-state index contributed by atoms with van der Waals surface area (Å²) in [5, 5.41) is 22.4. The minimum atomic E-state index is -1.38. The number of urea groups is 1. The molecule has 0 aromatic carbocycles. The van der Waals surface area contributed by atoms with Crippen molar-refractivity contribution in [1.29, 1.82) is 0 Å². The number of carbonyl (C=O) groups is 3. The van der Waals surface area contributed by atoms with Gasteiger partial charge in [-0.25, -0.2) is 9.59 Å². The summed E-state index contributed by atoms with van der Waals surface area (Å²) < 4.78 is 0. The number of amides is 3. The van der Waals surface area contributed by atoms with Gasteiger partial charge < -0.3 is 25.7 Å². The quantitative estimate of drug-likeness (QED) is 0.484. The number of hydrogen-bond acceptors (Lipinski definition) is 4. The van der Waals surface area contributed by atoms with Crippen LogP contribution in [0.15, 0.2) is 0 Å². The molecule has 0 bridgehead atoms. The average molecular weight is 259 g/mol. The lowest BCUT2D eigenvalue weighted by molar-refractivity contribution is -0.140. The van der Waals surface area contributed by atoms with Gasteiger partial charge in [0.25, 0.3) is 0 Å². The molecule has 0 aromatic heterocycles. The van der Waals surface area contributed by atoms with Gasteiger partial charge in [-0.15, -0.1) is 0 Å². The van der Waals surface area contributed by atoms with Crippen LogP contribution in [0, 0.1) is 0 Å². The van der Waals surface area contributed by atoms with E-state index in [1.165, 1.54) is 4.90 Å². The normalized spacial score (nSPS) is 19.9. The zero-order chi connectivity index (χ0) is 13.9. The molecule has 4 N–H and O–H groups in total. The molecule has 8 nitrogen and oxygen atoms in total. The van der Waals surface area contributed by atoms with Gasteiger partial charge in [0.1, 0.15) is 5.54 Å². The van der Waals surface area contributed by atoms with Crippen molar-refractivity contribution in [2.75, 3.05) is 19.7 Å². The molecule has 0 unspecified atom stereocenters. The van der Waals surface area contributed by atoms with E-state index in [0.717, 1.165) is 0 Å². The van der Waals surface area contributed by atoms with Gasteiger partial charge in [-0.1, -0.05) is 0 Å². The maximum Gasteiger partial charge on any atom is 0.328 e. The van der Waals surface area contributed by atoms with Crippen LogP contribution in [0.2, 0.25) is 0 Å². The number of carboxylic acid groups (broad SMARTS) is 1. The fourth-order valence-corrected chi connectivity index (χ4v) is 1.67. The predicted octanol–water partition coefficient (Wildman–Crippen LogP) is -1.65. The number of piperazine rings is 1. The predicted molar refractivity (Wildman–Crippen MR) is 60.8 cm³/mol. The summed E-state index contributed by atoms with van der Waals surface area (Å²) in [6, 6.07) is -2.06. The first-order chi connectivity index (χ1) is 8.30. The summed E-state index contributed by atoms with van der Waals surface area (Å²) in [5.41, 5.74) is -1.05. The van der Waals surface area contributed by atoms with E-state index in [-0.39, 0.29) is 12.5 Å². The second-order valence-electron chi connectivity index (χ2n) is 4.49. The number of aliphatic carboxylic acids is 1. The lowest BCUT2D eigenvalue weighted by Gasteiger charge is -2.41. The zero-order valence-corrected chi connectivity index (χ0v) is 10.3. The van der Waals surface area contributed by atoms with Crippen LogP contribution in [-0.2, 0) is 9.59 Å². The zero-order valence-electron chi connectivity index (χ0n) is 10.3. The highest BCUT2D eigenvalue weighted by atomic mass is 16.4. The van der Waals surface area contributed by atoms with Crippen LogP contribution >= 0.6 is 0 Å². The van der Waals surface area contributed by atoms with Gasteiger partial charge in [0, 0.05) is 13.1 Å². The number of nitrogens with zero attached hydrogens (tertiary/aromatic N) is 1. The molecule has 1 rings (SSSR count). The van der Waals surface area contributed by atoms with Gasteiger partial charge in [0.15, 0.2) is 6.04 Å². The Labute approximate surface area is 104 Å². The Hall–Kier alpha value is -1.83. The molecular weight excluding hydrogens is 242 g/mol. The van der Waals surface area contributed by atoms with Crippen molar-refractivity contribution in [3.05, 3.63) is 0 Å². The Kier molecular flexibility index (Phi) is 4.12. The Balaban J connectivity index is 2.77. The molecule has 0 spiro atoms. The monoisotopic (exact) mass is 259 g/mol. The van der Waals surface area contributed by atoms with Crippen molar-refractivity contribution in [2.45, 2.75) is 25.4 Å². The van der Waals surface area contributed by atoms with Crippen LogP contribution in [-0.4, -0.2) is 64.3 Å². The van der Waals surface area contributed by atoms with Crippen molar-refractivity contribution in [1.82, 2.24) is 15.5 Å². The van der Waals surface area contributed by atoms with Crippen molar-refractivity contribution in [3.63, 3.8) is 0 Å². The summed E-state index contributed by atoms with van der Waals surface area (Å²) in [5.74, 6) is -1.63. The number of carboxylic acids is 1. The first-order valence-electron chi connectivity index (χ1n) is 5.50. The number of hydrogen-bond donors (Lipinski definition) is 4. The summed E-state index contributed by atoms with van der Waals surface area (Å²) in [6.07, 6.45) is 0. The Morgan fingerprint density at radius 1 is 1.56 bits per heavy atom. The van der Waals surface area contributed by atoms with Crippen LogP contribution in [0.25, 0.3) is 0 Å². The van der Waals surface area contributed by atoms with Gasteiger partial charge in [-0.05, 0) is 13.8 Å². The third-order valence-electron chi connectivity index (χ3n) is 2.87. The van der Waals surface area contributed by atoms with Gasteiger partial charge in [-0.2, -0.15) is 0 Å². The van der Waals surface area contributed by atoms with Crippen molar-refractivity contribution >= 4 is 17.9 Å². The summed E-state index contributed by atoms with van der Waals surface area (Å²) in [4.78, 5) is 35.5. The molecule has 3 amide bonds. The smallest absolute Gasteiger partial charge is 0.328 e. The van der Waals surface area contributed by atoms with Gasteiger partial charge in [0.05, 0.1) is 6.61 Å². The van der Waals surface area contributed by atoms with E-state index >= 15 is 0 Å². The number of aliphatic hydroxyl groups excluding tert-OH is 1. The number of aliphatic hydroxyl groups is 1. The first kappa shape index (κ1) is 14.2.